The summed E-state index contributed by atoms with van der Waals surface area (Å²) in [6.07, 6.45) is 5.39. The van der Waals surface area contributed by atoms with Crippen molar-refractivity contribution in [3.05, 3.63) is 0 Å². The van der Waals surface area contributed by atoms with E-state index >= 15 is 0 Å². The van der Waals surface area contributed by atoms with Crippen LogP contribution < -0.4 is 5.32 Å². The molecular weight excluding hydrogens is 224 g/mol. The molecule has 1 aliphatic rings. The van der Waals surface area contributed by atoms with Crippen LogP contribution in [0, 0.1) is 5.41 Å². The molecule has 0 spiro atoms. The summed E-state index contributed by atoms with van der Waals surface area (Å²) < 4.78 is 5.50. The van der Waals surface area contributed by atoms with E-state index in [1.807, 2.05) is 7.11 Å². The minimum absolute atomic E-state index is 0.400. The highest BCUT2D eigenvalue weighted by atomic mass is 16.5. The largest absolute Gasteiger partial charge is 0.381 e. The van der Waals surface area contributed by atoms with Gasteiger partial charge in [0.05, 0.1) is 6.10 Å². The smallest absolute Gasteiger partial charge is 0.0598 e. The maximum atomic E-state index is 5.50. The van der Waals surface area contributed by atoms with E-state index in [2.05, 4.69) is 38.0 Å². The van der Waals surface area contributed by atoms with Crippen LogP contribution in [0.15, 0.2) is 0 Å². The Kier molecular flexibility index (Phi) is 6.61. The molecule has 0 aromatic carbocycles. The number of nitrogens with zero attached hydrogens (tertiary/aromatic N) is 1. The number of ether oxygens (including phenoxy) is 1. The highest BCUT2D eigenvalue weighted by Crippen LogP contribution is 2.28. The van der Waals surface area contributed by atoms with Crippen LogP contribution in [0.1, 0.15) is 46.5 Å². The molecule has 0 aromatic heterocycles. The summed E-state index contributed by atoms with van der Waals surface area (Å²) in [5, 5.41) is 3.37. The number of hydrogen-bond acceptors (Lipinski definition) is 3. The van der Waals surface area contributed by atoms with Gasteiger partial charge in [0, 0.05) is 32.8 Å². The van der Waals surface area contributed by atoms with E-state index in [0.717, 1.165) is 6.54 Å². The molecule has 1 N–H and O–H groups in total. The fraction of sp³-hybridized carbons (Fsp3) is 1.00. The Morgan fingerprint density at radius 1 is 1.44 bits per heavy atom. The molecule has 1 saturated heterocycles. The van der Waals surface area contributed by atoms with E-state index < -0.39 is 0 Å². The average Bonchev–Trinajstić information content (AvgIpc) is 2.32. The fourth-order valence-electron chi connectivity index (χ4n) is 3.37. The number of methoxy groups -OCH3 is 1. The predicted octanol–water partition coefficient (Wildman–Crippen LogP) is 2.51. The van der Waals surface area contributed by atoms with E-state index in [1.165, 1.54) is 38.8 Å². The normalized spacial score (nSPS) is 29.2. The standard InChI is InChI=1S/C15H32N2O/c1-6-8-15(3,11-16-4)12-17-9-7-14(18-5)10-13(17)2/h13-14,16H,6-12H2,1-5H3. The number of rotatable bonds is 7. The van der Waals surface area contributed by atoms with Crippen molar-refractivity contribution >= 4 is 0 Å². The van der Waals surface area contributed by atoms with Crippen molar-refractivity contribution in [1.82, 2.24) is 10.2 Å². The third-order valence-corrected chi connectivity index (χ3v) is 4.34. The minimum atomic E-state index is 0.400. The molecule has 3 unspecified atom stereocenters. The lowest BCUT2D eigenvalue weighted by atomic mass is 9.83. The Morgan fingerprint density at radius 2 is 2.17 bits per heavy atom. The number of piperidine rings is 1. The Morgan fingerprint density at radius 3 is 2.67 bits per heavy atom. The Hall–Kier alpha value is -0.120. The second-order valence-corrected chi connectivity index (χ2v) is 6.29. The van der Waals surface area contributed by atoms with Crippen LogP contribution in [0.3, 0.4) is 0 Å². The zero-order valence-corrected chi connectivity index (χ0v) is 13.0. The van der Waals surface area contributed by atoms with Crippen molar-refractivity contribution in [2.45, 2.75) is 58.6 Å². The summed E-state index contributed by atoms with van der Waals surface area (Å²) >= 11 is 0. The Labute approximate surface area is 113 Å². The monoisotopic (exact) mass is 256 g/mol. The van der Waals surface area contributed by atoms with Crippen LogP contribution in [0.25, 0.3) is 0 Å². The molecule has 1 aliphatic heterocycles. The van der Waals surface area contributed by atoms with Crippen LogP contribution >= 0.6 is 0 Å². The van der Waals surface area contributed by atoms with Gasteiger partial charge >= 0.3 is 0 Å². The Bertz CT molecular complexity index is 227. The molecule has 0 saturated carbocycles. The summed E-state index contributed by atoms with van der Waals surface area (Å²) in [7, 11) is 3.91. The maximum absolute atomic E-state index is 5.50. The van der Waals surface area contributed by atoms with Gasteiger partial charge in [0.25, 0.3) is 0 Å². The lowest BCUT2D eigenvalue weighted by molar-refractivity contribution is -0.0000204. The molecule has 0 aliphatic carbocycles. The molecule has 3 heteroatoms. The topological polar surface area (TPSA) is 24.5 Å². The molecule has 1 rings (SSSR count). The van der Waals surface area contributed by atoms with Gasteiger partial charge in [-0.15, -0.1) is 0 Å². The molecule has 0 radical (unpaired) electrons. The first-order chi connectivity index (χ1) is 8.54. The van der Waals surface area contributed by atoms with Gasteiger partial charge in [-0.05, 0) is 38.6 Å². The molecule has 0 aromatic rings. The molecular formula is C15H32N2O. The molecule has 0 amide bonds. The summed E-state index contributed by atoms with van der Waals surface area (Å²) in [5.74, 6) is 0. The summed E-state index contributed by atoms with van der Waals surface area (Å²) in [5.41, 5.74) is 0.400. The molecule has 3 atom stereocenters. The van der Waals surface area contributed by atoms with Crippen molar-refractivity contribution in [3.8, 4) is 0 Å². The van der Waals surface area contributed by atoms with Gasteiger partial charge in [0.2, 0.25) is 0 Å². The highest BCUT2D eigenvalue weighted by molar-refractivity contribution is 4.86. The second kappa shape index (κ2) is 7.46. The molecule has 3 nitrogen and oxygen atoms in total. The maximum Gasteiger partial charge on any atom is 0.0598 e. The van der Waals surface area contributed by atoms with Gasteiger partial charge < -0.3 is 10.1 Å². The molecule has 0 bridgehead atoms. The molecule has 18 heavy (non-hydrogen) atoms. The fourth-order valence-corrected chi connectivity index (χ4v) is 3.37. The SMILES string of the molecule is CCCC(C)(CNC)CN1CCC(OC)CC1C. The van der Waals surface area contributed by atoms with Crippen molar-refractivity contribution < 1.29 is 4.74 Å². The zero-order chi connectivity index (χ0) is 13.6. The first-order valence-corrected chi connectivity index (χ1v) is 7.46. The van der Waals surface area contributed by atoms with Gasteiger partial charge in [0.1, 0.15) is 0 Å². The van der Waals surface area contributed by atoms with E-state index in [1.54, 1.807) is 0 Å². The zero-order valence-electron chi connectivity index (χ0n) is 13.0. The van der Waals surface area contributed by atoms with Crippen molar-refractivity contribution in [2.24, 2.45) is 5.41 Å². The lowest BCUT2D eigenvalue weighted by Gasteiger charge is -2.42. The van der Waals surface area contributed by atoms with Crippen LogP contribution in [0.5, 0.6) is 0 Å². The van der Waals surface area contributed by atoms with E-state index in [9.17, 15) is 0 Å². The number of likely N-dealkylation sites (tertiary alicyclic amines) is 1. The Balaban J connectivity index is 2.53. The first kappa shape index (κ1) is 15.9. The summed E-state index contributed by atoms with van der Waals surface area (Å²) in [6, 6.07) is 0.650. The minimum Gasteiger partial charge on any atom is -0.381 e. The van der Waals surface area contributed by atoms with Crippen molar-refractivity contribution in [1.29, 1.82) is 0 Å². The van der Waals surface area contributed by atoms with Gasteiger partial charge in [-0.2, -0.15) is 0 Å². The van der Waals surface area contributed by atoms with E-state index in [4.69, 9.17) is 4.74 Å². The summed E-state index contributed by atoms with van der Waals surface area (Å²) in [6.45, 7) is 10.5. The van der Waals surface area contributed by atoms with Gasteiger partial charge in [-0.25, -0.2) is 0 Å². The van der Waals surface area contributed by atoms with Crippen LogP contribution in [-0.2, 0) is 4.74 Å². The van der Waals surface area contributed by atoms with E-state index in [-0.39, 0.29) is 0 Å². The molecule has 1 fully saturated rings. The first-order valence-electron chi connectivity index (χ1n) is 7.46. The quantitative estimate of drug-likeness (QED) is 0.757. The van der Waals surface area contributed by atoms with Crippen molar-refractivity contribution in [2.75, 3.05) is 33.8 Å². The van der Waals surface area contributed by atoms with Crippen LogP contribution in [0.4, 0.5) is 0 Å². The second-order valence-electron chi connectivity index (χ2n) is 6.29. The van der Waals surface area contributed by atoms with E-state index in [0.29, 0.717) is 17.6 Å². The van der Waals surface area contributed by atoms with Crippen LogP contribution in [-0.4, -0.2) is 50.8 Å². The highest BCUT2D eigenvalue weighted by Gasteiger charge is 2.31. The number of hydrogen-bond donors (Lipinski definition) is 1. The molecule has 108 valence electrons. The molecule has 1 heterocycles. The van der Waals surface area contributed by atoms with Gasteiger partial charge in [-0.3, -0.25) is 4.90 Å². The van der Waals surface area contributed by atoms with Gasteiger partial charge in [0.15, 0.2) is 0 Å². The predicted molar refractivity (Wildman–Crippen MR) is 78.0 cm³/mol. The lowest BCUT2D eigenvalue weighted by Crippen LogP contribution is -2.49. The van der Waals surface area contributed by atoms with Crippen LogP contribution in [0.2, 0.25) is 0 Å². The third-order valence-electron chi connectivity index (χ3n) is 4.34. The number of nitrogens with one attached hydrogen (secondary N) is 1. The summed E-state index contributed by atoms with van der Waals surface area (Å²) in [4.78, 5) is 2.66. The van der Waals surface area contributed by atoms with Gasteiger partial charge in [-0.1, -0.05) is 20.3 Å². The third kappa shape index (κ3) is 4.52. The average molecular weight is 256 g/mol. The van der Waals surface area contributed by atoms with Crippen molar-refractivity contribution in [3.63, 3.8) is 0 Å².